The van der Waals surface area contributed by atoms with E-state index in [1.165, 1.54) is 51.0 Å². The van der Waals surface area contributed by atoms with Crippen LogP contribution in [0.3, 0.4) is 0 Å². The van der Waals surface area contributed by atoms with Crippen molar-refractivity contribution >= 4 is 5.97 Å². The third kappa shape index (κ3) is 4.31. The average Bonchev–Trinajstić information content (AvgIpc) is 3.22. The highest BCUT2D eigenvalue weighted by Crippen LogP contribution is 2.88. The highest BCUT2D eigenvalue weighted by molar-refractivity contribution is 5.62. The first-order chi connectivity index (χ1) is 17.4. The van der Waals surface area contributed by atoms with E-state index in [0.717, 1.165) is 31.1 Å². The van der Waals surface area contributed by atoms with Crippen LogP contribution in [0.15, 0.2) is 11.8 Å². The third-order valence-corrected chi connectivity index (χ3v) is 11.7. The van der Waals surface area contributed by atoms with Crippen molar-refractivity contribution in [3.05, 3.63) is 11.8 Å². The molecule has 0 aromatic heterocycles. The van der Waals surface area contributed by atoms with Crippen molar-refractivity contribution in [2.75, 3.05) is 0 Å². The summed E-state index contributed by atoms with van der Waals surface area (Å²) in [6.45, 7) is 12.5. The molecular weight excluding hydrogens is 477 g/mol. The quantitative estimate of drug-likeness (QED) is 0.323. The Kier molecular flexibility index (Phi) is 8.48. The number of allylic oxidation sites excluding steroid dienone is 2. The van der Waals surface area contributed by atoms with E-state index >= 15 is 0 Å². The van der Waals surface area contributed by atoms with E-state index in [9.17, 15) is 13.2 Å². The number of alkyl halides is 3. The van der Waals surface area contributed by atoms with Crippen LogP contribution in [0.2, 0.25) is 0 Å². The van der Waals surface area contributed by atoms with Crippen molar-refractivity contribution in [1.82, 2.24) is 0 Å². The van der Waals surface area contributed by atoms with Crippen LogP contribution in [-0.4, -0.2) is 23.4 Å². The lowest BCUT2D eigenvalue weighted by Gasteiger charge is -2.56. The lowest BCUT2D eigenvalue weighted by Crippen LogP contribution is -2.49. The number of carboxylic acid groups (broad SMARTS) is 1. The number of terminal acetylenes is 1. The second kappa shape index (κ2) is 10.5. The monoisotopic (exact) mass is 524 g/mol. The molecule has 7 unspecified atom stereocenters. The lowest BCUT2D eigenvalue weighted by molar-refractivity contribution is -0.150. The Morgan fingerprint density at radius 1 is 1.00 bits per heavy atom. The molecule has 3 nitrogen and oxygen atoms in total. The smallest absolute Gasteiger partial charge is 0.448 e. The number of carboxylic acids is 1. The maximum absolute atomic E-state index is 13.3. The van der Waals surface area contributed by atoms with Gasteiger partial charge in [-0.2, -0.15) is 13.2 Å². The van der Waals surface area contributed by atoms with Gasteiger partial charge in [-0.15, -0.1) is 12.8 Å². The van der Waals surface area contributed by atoms with Crippen LogP contribution in [0.25, 0.3) is 0 Å². The number of fused-ring (bicyclic) bond motifs is 4. The van der Waals surface area contributed by atoms with Gasteiger partial charge < -0.3 is 9.84 Å². The summed E-state index contributed by atoms with van der Waals surface area (Å²) >= 11 is 0. The predicted molar refractivity (Wildman–Crippen MR) is 140 cm³/mol. The van der Waals surface area contributed by atoms with Gasteiger partial charge in [-0.3, -0.25) is 4.79 Å². The molecule has 5 fully saturated rings. The molecule has 10 atom stereocenters. The molecular formula is C31H47F3O3. The van der Waals surface area contributed by atoms with Crippen molar-refractivity contribution in [1.29, 1.82) is 0 Å². The fraction of sp³-hybridized carbons (Fsp3) is 0.839. The molecule has 6 heteroatoms. The summed E-state index contributed by atoms with van der Waals surface area (Å²) in [6, 6.07) is 0. The van der Waals surface area contributed by atoms with Crippen molar-refractivity contribution in [3.8, 4) is 12.8 Å². The van der Waals surface area contributed by atoms with Crippen LogP contribution >= 0.6 is 0 Å². The number of aliphatic carboxylic acids is 1. The van der Waals surface area contributed by atoms with E-state index in [1.54, 1.807) is 0 Å². The Hall–Kier alpha value is -1.64. The molecule has 1 N–H and O–H groups in total. The Balaban J connectivity index is 0.000000429. The predicted octanol–water partition coefficient (Wildman–Crippen LogP) is 8.49. The van der Waals surface area contributed by atoms with Gasteiger partial charge in [0.15, 0.2) is 5.76 Å². The second-order valence-electron chi connectivity index (χ2n) is 12.4. The maximum Gasteiger partial charge on any atom is 0.448 e. The first-order valence-corrected chi connectivity index (χ1v) is 14.4. The molecule has 0 amide bonds. The molecule has 0 radical (unpaired) electrons. The van der Waals surface area contributed by atoms with Gasteiger partial charge in [0.05, 0.1) is 0 Å². The maximum atomic E-state index is 13.3. The topological polar surface area (TPSA) is 46.5 Å². The molecule has 210 valence electrons. The molecule has 1 aliphatic heterocycles. The summed E-state index contributed by atoms with van der Waals surface area (Å²) < 4.78 is 45.5. The molecule has 0 aromatic rings. The van der Waals surface area contributed by atoms with Crippen LogP contribution < -0.4 is 0 Å². The molecule has 0 aromatic carbocycles. The SMILES string of the molecule is C#C.CC.CC(=O)O.CC1CCCC23C1CCC1C4CC5OC(C(F)(F)F)=CCC5[C@@]4(C)CC[C@]12[C@@H]3C. The van der Waals surface area contributed by atoms with E-state index in [2.05, 4.69) is 33.6 Å². The van der Waals surface area contributed by atoms with E-state index in [1.807, 2.05) is 13.8 Å². The first-order valence-electron chi connectivity index (χ1n) is 14.4. The third-order valence-electron chi connectivity index (χ3n) is 11.7. The normalized spacial score (nSPS) is 46.4. The zero-order valence-corrected chi connectivity index (χ0v) is 23.5. The number of ether oxygens (including phenoxy) is 1. The van der Waals surface area contributed by atoms with Gasteiger partial charge in [0, 0.05) is 12.8 Å². The van der Waals surface area contributed by atoms with E-state index < -0.39 is 17.9 Å². The molecule has 0 saturated heterocycles. The summed E-state index contributed by atoms with van der Waals surface area (Å²) in [4.78, 5) is 9.00. The highest BCUT2D eigenvalue weighted by Gasteiger charge is 2.83. The lowest BCUT2D eigenvalue weighted by atomic mass is 9.48. The van der Waals surface area contributed by atoms with Crippen molar-refractivity contribution in [3.63, 3.8) is 0 Å². The van der Waals surface area contributed by atoms with Crippen molar-refractivity contribution in [2.24, 2.45) is 51.8 Å². The zero-order chi connectivity index (χ0) is 28.0. The van der Waals surface area contributed by atoms with Crippen molar-refractivity contribution < 1.29 is 27.8 Å². The minimum atomic E-state index is -4.34. The summed E-state index contributed by atoms with van der Waals surface area (Å²) in [7, 11) is 0. The molecule has 0 bridgehead atoms. The Morgan fingerprint density at radius 3 is 2.16 bits per heavy atom. The van der Waals surface area contributed by atoms with E-state index in [0.29, 0.717) is 29.1 Å². The average molecular weight is 525 g/mol. The molecule has 5 saturated carbocycles. The number of hydrogen-bond donors (Lipinski definition) is 1. The molecule has 2 spiro atoms. The zero-order valence-electron chi connectivity index (χ0n) is 23.5. The minimum Gasteiger partial charge on any atom is -0.486 e. The summed E-state index contributed by atoms with van der Waals surface area (Å²) in [6.07, 6.45) is 15.5. The van der Waals surface area contributed by atoms with Gasteiger partial charge in [0.25, 0.3) is 5.97 Å². The number of halogens is 3. The standard InChI is InChI=1S/C25H35F3O.C2H4O2.C2H6.C2H2/c1-14-5-4-10-23-15(2)24(23)12-11-22(3)18-8-9-21(25(26,27)28)29-20(18)13-19(22)17(24)7-6-16(14)23;1-2(3)4;2*1-2/h9,14-20H,4-8,10-13H2,1-3H3;1H3,(H,3,4);1-2H3;1-2H/t14?,15-,16?,17?,18?,19?,20?,22-,23?,24+;;;/m1.../s1. The van der Waals surface area contributed by atoms with Crippen molar-refractivity contribution in [2.45, 2.75) is 112 Å². The minimum absolute atomic E-state index is 0.158. The Bertz CT molecular complexity index is 890. The fourth-order valence-corrected chi connectivity index (χ4v) is 10.7. The van der Waals surface area contributed by atoms with Crippen LogP contribution in [0.1, 0.15) is 99.3 Å². The van der Waals surface area contributed by atoms with Crippen LogP contribution in [0.5, 0.6) is 0 Å². The number of hydrogen-bond acceptors (Lipinski definition) is 2. The summed E-state index contributed by atoms with van der Waals surface area (Å²) in [5, 5.41) is 7.42. The van der Waals surface area contributed by atoms with Gasteiger partial charge in [0.2, 0.25) is 0 Å². The molecule has 6 aliphatic rings. The van der Waals surface area contributed by atoms with E-state index in [-0.39, 0.29) is 17.4 Å². The Morgan fingerprint density at radius 2 is 1.57 bits per heavy atom. The second-order valence-corrected chi connectivity index (χ2v) is 12.4. The van der Waals surface area contributed by atoms with Crippen LogP contribution in [0, 0.1) is 64.6 Å². The van der Waals surface area contributed by atoms with Gasteiger partial charge >= 0.3 is 6.18 Å². The van der Waals surface area contributed by atoms with Crippen LogP contribution in [-0.2, 0) is 9.53 Å². The van der Waals surface area contributed by atoms with E-state index in [4.69, 9.17) is 14.6 Å². The Labute approximate surface area is 222 Å². The fourth-order valence-electron chi connectivity index (χ4n) is 10.7. The summed E-state index contributed by atoms with van der Waals surface area (Å²) in [5.41, 5.74) is 1.20. The molecule has 6 rings (SSSR count). The molecule has 5 aliphatic carbocycles. The van der Waals surface area contributed by atoms with Gasteiger partial charge in [-0.25, -0.2) is 0 Å². The van der Waals surface area contributed by atoms with Crippen LogP contribution in [0.4, 0.5) is 13.2 Å². The number of rotatable bonds is 0. The largest absolute Gasteiger partial charge is 0.486 e. The summed E-state index contributed by atoms with van der Waals surface area (Å²) in [5.74, 6) is 2.53. The molecule has 37 heavy (non-hydrogen) atoms. The van der Waals surface area contributed by atoms with Gasteiger partial charge in [-0.05, 0) is 96.9 Å². The number of carbonyl (C=O) groups is 1. The molecule has 1 heterocycles. The van der Waals surface area contributed by atoms with Gasteiger partial charge in [-0.1, -0.05) is 47.5 Å². The van der Waals surface area contributed by atoms with Gasteiger partial charge in [0.1, 0.15) is 6.10 Å². The first kappa shape index (κ1) is 29.9. The highest BCUT2D eigenvalue weighted by atomic mass is 19.4.